The van der Waals surface area contributed by atoms with Gasteiger partial charge in [-0.25, -0.2) is 0 Å². The number of carbonyl (C=O) groups is 6. The molecule has 0 bridgehead atoms. The average molecular weight is 1090 g/mol. The molecule has 5 aromatic rings. The Kier molecular flexibility index (Phi) is 22.0. The molecule has 5 rings (SSSR count). The van der Waals surface area contributed by atoms with E-state index in [-0.39, 0.29) is 68.6 Å². The minimum atomic E-state index is -0.768. The predicted molar refractivity (Wildman–Crippen MR) is 328 cm³/mol. The van der Waals surface area contributed by atoms with Crippen molar-refractivity contribution in [3.63, 3.8) is 0 Å². The second-order valence-electron chi connectivity index (χ2n) is 23.4. The van der Waals surface area contributed by atoms with Gasteiger partial charge in [0.2, 0.25) is 11.8 Å². The van der Waals surface area contributed by atoms with Crippen LogP contribution < -0.4 is 32.1 Å². The molecular weight excluding hydrogens is 1000 g/mol. The molecule has 6 N–H and O–H groups in total. The normalized spacial score (nSPS) is 14.5. The lowest BCUT2D eigenvalue weighted by Crippen LogP contribution is -2.39. The van der Waals surface area contributed by atoms with Crippen LogP contribution in [-0.2, 0) is 28.8 Å². The van der Waals surface area contributed by atoms with Gasteiger partial charge >= 0.3 is 0 Å². The minimum absolute atomic E-state index is 0.00525. The van der Waals surface area contributed by atoms with Gasteiger partial charge in [0.15, 0.2) is 23.0 Å². The van der Waals surface area contributed by atoms with Crippen LogP contribution in [0.3, 0.4) is 0 Å². The van der Waals surface area contributed by atoms with E-state index in [1.54, 1.807) is 48.5 Å². The number of carbonyl (C=O) groups excluding carboxylic acids is 6. The van der Waals surface area contributed by atoms with Gasteiger partial charge in [-0.15, -0.1) is 0 Å². The molecule has 0 spiro atoms. The smallest absolute Gasteiger partial charge is 0.279 e. The molecule has 0 saturated carbocycles. The van der Waals surface area contributed by atoms with Gasteiger partial charge in [-0.1, -0.05) is 150 Å². The number of Topliss-reactive ketones (excluding diaryl/α,β-unsaturated/α-hetero) is 2. The zero-order valence-electron chi connectivity index (χ0n) is 49.6. The Morgan fingerprint density at radius 3 is 1.11 bits per heavy atom. The zero-order chi connectivity index (χ0) is 59.0. The highest BCUT2D eigenvalue weighted by Gasteiger charge is 2.43. The van der Waals surface area contributed by atoms with Gasteiger partial charge < -0.3 is 21.3 Å². The highest BCUT2D eigenvalue weighted by molar-refractivity contribution is 6.67. The van der Waals surface area contributed by atoms with Crippen molar-refractivity contribution in [1.82, 2.24) is 0 Å². The molecule has 0 aliphatic carbocycles. The summed E-state index contributed by atoms with van der Waals surface area (Å²) in [6, 6.07) is 40.9. The monoisotopic (exact) mass is 1090 g/mol. The number of benzene rings is 5. The van der Waals surface area contributed by atoms with Crippen molar-refractivity contribution in [2.75, 3.05) is 32.1 Å². The molecule has 0 radical (unpaired) electrons. The molecule has 426 valence electrons. The Balaban J connectivity index is 1.15. The lowest BCUT2D eigenvalue weighted by Gasteiger charge is -2.44. The second kappa shape index (κ2) is 27.9. The Morgan fingerprint density at radius 2 is 0.775 bits per heavy atom. The predicted octanol–water partition coefficient (Wildman–Crippen LogP) is 14.9. The number of anilines is 6. The van der Waals surface area contributed by atoms with Crippen LogP contribution in [0.4, 0.5) is 34.1 Å². The molecule has 5 unspecified atom stereocenters. The molecule has 0 heterocycles. The van der Waals surface area contributed by atoms with E-state index >= 15 is 0 Å². The van der Waals surface area contributed by atoms with Crippen LogP contribution in [0.15, 0.2) is 144 Å². The number of rotatable bonds is 27. The van der Waals surface area contributed by atoms with E-state index in [0.29, 0.717) is 34.1 Å². The third-order valence-corrected chi connectivity index (χ3v) is 16.9. The molecule has 0 saturated heterocycles. The largest absolute Gasteiger partial charge is 0.326 e. The minimum Gasteiger partial charge on any atom is -0.326 e. The maximum Gasteiger partial charge on any atom is 0.279 e. The van der Waals surface area contributed by atoms with E-state index in [2.05, 4.69) is 160 Å². The Morgan fingerprint density at radius 1 is 0.425 bits per heavy atom. The quantitative estimate of drug-likeness (QED) is 0.0169. The molecule has 5 aromatic carbocycles. The first kappa shape index (κ1) is 63.1. The summed E-state index contributed by atoms with van der Waals surface area (Å²) in [5.74, 6) is -2.88. The average Bonchev–Trinajstić information content (AvgIpc) is 3.47. The summed E-state index contributed by atoms with van der Waals surface area (Å²) in [6.45, 7) is 28.8. The summed E-state index contributed by atoms with van der Waals surface area (Å²) in [5.41, 5.74) is 9.66. The third-order valence-electron chi connectivity index (χ3n) is 16.9. The Hall–Kier alpha value is -7.74. The van der Waals surface area contributed by atoms with Crippen molar-refractivity contribution < 1.29 is 28.8 Å². The van der Waals surface area contributed by atoms with Gasteiger partial charge in [-0.3, -0.25) is 39.6 Å². The summed E-state index contributed by atoms with van der Waals surface area (Å²) in [6.07, 6.45) is 5.27. The summed E-state index contributed by atoms with van der Waals surface area (Å²) >= 11 is 0. The standard InChI is InChI=1S/C66H86N8O6/c1-15-64(12,13)56(48-27-23-20-24-28-48)42-66(17-3,18-4)44(6)60(78)68-50-35-39-54(40-36-50)72-74-58(46(8)76)62(80)70-52-31-29-51(30-32-52)69-61(79)57(45(7)75)73-71-53-37-33-49(34-38-53)67-59(77)43(5)65(14,16-2)41-55(63(9,10)11)47-25-21-19-22-26-47/h19-40,43-44,55-56,71-72H,15-18,41-42H2,1-14H3,(H,67,77)(H,68,78)(H,69,79)(H,70,80)/b73-57-,74-58-. The first-order valence-electron chi connectivity index (χ1n) is 28.1. The van der Waals surface area contributed by atoms with E-state index in [4.69, 9.17) is 0 Å². The van der Waals surface area contributed by atoms with Crippen molar-refractivity contribution in [2.24, 2.45) is 43.7 Å². The summed E-state index contributed by atoms with van der Waals surface area (Å²) in [7, 11) is 0. The summed E-state index contributed by atoms with van der Waals surface area (Å²) < 4.78 is 0. The number of ketones is 2. The zero-order valence-corrected chi connectivity index (χ0v) is 49.6. The van der Waals surface area contributed by atoms with Crippen LogP contribution in [0.1, 0.15) is 158 Å². The van der Waals surface area contributed by atoms with Crippen LogP contribution in [0.5, 0.6) is 0 Å². The number of hydrazone groups is 2. The molecule has 0 aliphatic rings. The van der Waals surface area contributed by atoms with Gasteiger partial charge in [0.05, 0.1) is 11.4 Å². The first-order valence-corrected chi connectivity index (χ1v) is 28.1. The molecular formula is C66H86N8O6. The topological polar surface area (TPSA) is 199 Å². The van der Waals surface area contributed by atoms with Crippen molar-refractivity contribution in [3.8, 4) is 0 Å². The van der Waals surface area contributed by atoms with Crippen LogP contribution in [0, 0.1) is 33.5 Å². The fourth-order valence-electron chi connectivity index (χ4n) is 10.4. The number of amides is 4. The van der Waals surface area contributed by atoms with Crippen molar-refractivity contribution in [3.05, 3.63) is 145 Å². The summed E-state index contributed by atoms with van der Waals surface area (Å²) in [5, 5.41) is 19.7. The van der Waals surface area contributed by atoms with E-state index in [9.17, 15) is 28.8 Å². The maximum absolute atomic E-state index is 13.9. The second-order valence-corrected chi connectivity index (χ2v) is 23.4. The highest BCUT2D eigenvalue weighted by Crippen LogP contribution is 2.51. The molecule has 0 aromatic heterocycles. The van der Waals surface area contributed by atoms with Crippen LogP contribution in [-0.4, -0.2) is 46.6 Å². The van der Waals surface area contributed by atoms with Crippen LogP contribution >= 0.6 is 0 Å². The number of nitrogens with zero attached hydrogens (tertiary/aromatic N) is 2. The van der Waals surface area contributed by atoms with Crippen molar-refractivity contribution in [2.45, 2.75) is 147 Å². The first-order chi connectivity index (χ1) is 37.8. The molecule has 5 atom stereocenters. The van der Waals surface area contributed by atoms with E-state index in [0.717, 1.165) is 38.5 Å². The SMILES string of the molecule is CCC(C)(C)C(CC(CC)(CC)C(C)C(=O)Nc1ccc(N/N=C(/C(C)=O)C(=O)Nc2ccc(NC(=O)/C(=N\Nc3ccc(NC(=O)C(C)C(C)(CC)CC(c4ccccc4)C(C)(C)C)cc3)C(C)=O)cc2)cc1)c1ccccc1. The van der Waals surface area contributed by atoms with Gasteiger partial charge in [-0.2, -0.15) is 10.2 Å². The molecule has 4 amide bonds. The summed E-state index contributed by atoms with van der Waals surface area (Å²) in [4.78, 5) is 79.5. The van der Waals surface area contributed by atoms with Crippen molar-refractivity contribution in [1.29, 1.82) is 0 Å². The van der Waals surface area contributed by atoms with E-state index in [1.165, 1.54) is 49.2 Å². The molecule has 80 heavy (non-hydrogen) atoms. The van der Waals surface area contributed by atoms with Gasteiger partial charge in [-0.05, 0) is 150 Å². The fourth-order valence-corrected chi connectivity index (χ4v) is 10.4. The van der Waals surface area contributed by atoms with E-state index < -0.39 is 23.4 Å². The number of hydrogen-bond acceptors (Lipinski definition) is 10. The number of hydrogen-bond donors (Lipinski definition) is 6. The Labute approximate surface area is 475 Å². The third kappa shape index (κ3) is 16.7. The molecule has 14 heteroatoms. The molecule has 0 fully saturated rings. The molecule has 0 aliphatic heterocycles. The van der Waals surface area contributed by atoms with Crippen molar-refractivity contribution >= 4 is 80.7 Å². The van der Waals surface area contributed by atoms with Crippen LogP contribution in [0.2, 0.25) is 0 Å². The number of nitrogens with one attached hydrogen (secondary N) is 6. The van der Waals surface area contributed by atoms with Crippen LogP contribution in [0.25, 0.3) is 0 Å². The van der Waals surface area contributed by atoms with E-state index in [1.807, 2.05) is 26.0 Å². The van der Waals surface area contributed by atoms with Gasteiger partial charge in [0.25, 0.3) is 11.8 Å². The Bertz CT molecular complexity index is 2960. The lowest BCUT2D eigenvalue weighted by molar-refractivity contribution is -0.124. The maximum atomic E-state index is 13.9. The van der Waals surface area contributed by atoms with Gasteiger partial charge in [0.1, 0.15) is 0 Å². The fraction of sp³-hybridized carbons (Fsp3) is 0.424. The highest BCUT2D eigenvalue weighted by atomic mass is 16.2. The van der Waals surface area contributed by atoms with Gasteiger partial charge in [0, 0.05) is 48.4 Å². The lowest BCUT2D eigenvalue weighted by atomic mass is 9.60. The molecule has 14 nitrogen and oxygen atoms in total.